The smallest absolute Gasteiger partial charge is 0.128 e. The van der Waals surface area contributed by atoms with Gasteiger partial charge in [-0.1, -0.05) is 12.1 Å². The minimum atomic E-state index is -0.160. The van der Waals surface area contributed by atoms with Crippen LogP contribution in [-0.2, 0) is 0 Å². The zero-order chi connectivity index (χ0) is 13.0. The first kappa shape index (κ1) is 13.5. The number of hydrogen-bond donors (Lipinski definition) is 2. The molecule has 0 saturated carbocycles. The topological polar surface area (TPSA) is 35.5 Å². The summed E-state index contributed by atoms with van der Waals surface area (Å²) in [6.07, 6.45) is 0.583. The van der Waals surface area contributed by atoms with E-state index in [0.29, 0.717) is 12.0 Å². The normalized spacial score (nSPS) is 18.8. The number of benzene rings is 1. The van der Waals surface area contributed by atoms with Crippen LogP contribution in [0.5, 0.6) is 0 Å². The van der Waals surface area contributed by atoms with Gasteiger partial charge in [0.15, 0.2) is 0 Å². The Hall–Kier alpha value is -0.970. The first-order valence-electron chi connectivity index (χ1n) is 6.54. The van der Waals surface area contributed by atoms with Crippen LogP contribution in [0.2, 0.25) is 0 Å². The number of nitrogens with one attached hydrogen (secondary N) is 1. The summed E-state index contributed by atoms with van der Waals surface area (Å²) in [5.41, 5.74) is 1.64. The molecule has 0 bridgehead atoms. The molecule has 4 heteroatoms. The lowest BCUT2D eigenvalue weighted by Gasteiger charge is -2.35. The summed E-state index contributed by atoms with van der Waals surface area (Å²) in [6, 6.07) is 5.35. The number of piperazine rings is 1. The van der Waals surface area contributed by atoms with Crippen molar-refractivity contribution >= 4 is 0 Å². The summed E-state index contributed by atoms with van der Waals surface area (Å²) < 4.78 is 14.1. The van der Waals surface area contributed by atoms with E-state index in [4.69, 9.17) is 0 Å². The van der Waals surface area contributed by atoms with Gasteiger partial charge in [0.05, 0.1) is 0 Å². The summed E-state index contributed by atoms with van der Waals surface area (Å²) in [7, 11) is 0. The maximum Gasteiger partial charge on any atom is 0.128 e. The summed E-state index contributed by atoms with van der Waals surface area (Å²) in [4.78, 5) is 2.25. The number of rotatable bonds is 4. The van der Waals surface area contributed by atoms with Crippen LogP contribution in [-0.4, -0.2) is 42.8 Å². The van der Waals surface area contributed by atoms with Gasteiger partial charge in [-0.15, -0.1) is 0 Å². The predicted molar refractivity (Wildman–Crippen MR) is 70.0 cm³/mol. The van der Waals surface area contributed by atoms with Crippen LogP contribution in [0.3, 0.4) is 0 Å². The van der Waals surface area contributed by atoms with Crippen LogP contribution in [0.15, 0.2) is 18.2 Å². The maximum absolute atomic E-state index is 14.1. The van der Waals surface area contributed by atoms with Gasteiger partial charge >= 0.3 is 0 Å². The molecule has 100 valence electrons. The Balaban J connectivity index is 2.22. The molecule has 0 aliphatic carbocycles. The van der Waals surface area contributed by atoms with Crippen LogP contribution in [0.4, 0.5) is 4.39 Å². The summed E-state index contributed by atoms with van der Waals surface area (Å²) in [5, 5.41) is 12.5. The Morgan fingerprint density at radius 1 is 1.39 bits per heavy atom. The van der Waals surface area contributed by atoms with Crippen LogP contribution in [0, 0.1) is 12.7 Å². The Bertz CT molecular complexity index is 391. The third-order valence-electron chi connectivity index (χ3n) is 3.51. The van der Waals surface area contributed by atoms with Crippen LogP contribution >= 0.6 is 0 Å². The number of halogens is 1. The van der Waals surface area contributed by atoms with Crippen molar-refractivity contribution in [1.29, 1.82) is 0 Å². The molecule has 1 saturated heterocycles. The fourth-order valence-corrected chi connectivity index (χ4v) is 2.55. The van der Waals surface area contributed by atoms with Gasteiger partial charge in [0, 0.05) is 44.4 Å². The molecule has 1 fully saturated rings. The Kier molecular flexibility index (Phi) is 4.69. The number of aliphatic hydroxyl groups is 1. The SMILES string of the molecule is Cc1ccc([C@@H](CCO)N2CCNCC2)c(F)c1. The molecule has 1 atom stereocenters. The van der Waals surface area contributed by atoms with Crippen molar-refractivity contribution in [1.82, 2.24) is 10.2 Å². The standard InChI is InChI=1S/C14H21FN2O/c1-11-2-3-12(13(15)10-11)14(4-9-18)17-7-5-16-6-8-17/h2-3,10,14,16,18H,4-9H2,1H3/t14-/m1/s1. The van der Waals surface area contributed by atoms with Crippen molar-refractivity contribution in [3.63, 3.8) is 0 Å². The van der Waals surface area contributed by atoms with Gasteiger partial charge in [0.1, 0.15) is 5.82 Å². The maximum atomic E-state index is 14.1. The van der Waals surface area contributed by atoms with Crippen molar-refractivity contribution < 1.29 is 9.50 Å². The highest BCUT2D eigenvalue weighted by molar-refractivity contribution is 5.26. The molecule has 2 rings (SSSR count). The van der Waals surface area contributed by atoms with Gasteiger partial charge in [-0.3, -0.25) is 4.90 Å². The number of aryl methyl sites for hydroxylation is 1. The number of aliphatic hydroxyl groups excluding tert-OH is 1. The highest BCUT2D eigenvalue weighted by Crippen LogP contribution is 2.27. The van der Waals surface area contributed by atoms with Crippen molar-refractivity contribution in [3.05, 3.63) is 35.1 Å². The molecule has 1 aliphatic rings. The molecule has 0 amide bonds. The largest absolute Gasteiger partial charge is 0.396 e. The van der Waals surface area contributed by atoms with Gasteiger partial charge < -0.3 is 10.4 Å². The predicted octanol–water partition coefficient (Wildman–Crippen LogP) is 1.46. The molecule has 3 nitrogen and oxygen atoms in total. The van der Waals surface area contributed by atoms with E-state index in [9.17, 15) is 9.50 Å². The van der Waals surface area contributed by atoms with Crippen molar-refractivity contribution in [2.24, 2.45) is 0 Å². The molecule has 1 aromatic carbocycles. The van der Waals surface area contributed by atoms with E-state index < -0.39 is 0 Å². The first-order chi connectivity index (χ1) is 8.72. The Morgan fingerprint density at radius 3 is 2.72 bits per heavy atom. The van der Waals surface area contributed by atoms with Crippen molar-refractivity contribution in [2.75, 3.05) is 32.8 Å². The number of nitrogens with zero attached hydrogens (tertiary/aromatic N) is 1. The van der Waals surface area contributed by atoms with Crippen LogP contribution < -0.4 is 5.32 Å². The molecule has 0 unspecified atom stereocenters. The van der Waals surface area contributed by atoms with E-state index in [0.717, 1.165) is 31.7 Å². The molecular formula is C14H21FN2O. The van der Waals surface area contributed by atoms with E-state index >= 15 is 0 Å². The van der Waals surface area contributed by atoms with E-state index in [1.165, 1.54) is 0 Å². The molecule has 1 aromatic rings. The second kappa shape index (κ2) is 6.27. The van der Waals surface area contributed by atoms with Gasteiger partial charge in [0.25, 0.3) is 0 Å². The van der Waals surface area contributed by atoms with Crippen LogP contribution in [0.1, 0.15) is 23.6 Å². The Morgan fingerprint density at radius 2 is 2.11 bits per heavy atom. The first-order valence-corrected chi connectivity index (χ1v) is 6.54. The second-order valence-corrected chi connectivity index (χ2v) is 4.84. The Labute approximate surface area is 108 Å². The molecular weight excluding hydrogens is 231 g/mol. The highest BCUT2D eigenvalue weighted by atomic mass is 19.1. The molecule has 18 heavy (non-hydrogen) atoms. The molecule has 1 aliphatic heterocycles. The lowest BCUT2D eigenvalue weighted by molar-refractivity contribution is 0.138. The monoisotopic (exact) mass is 252 g/mol. The zero-order valence-electron chi connectivity index (χ0n) is 10.8. The quantitative estimate of drug-likeness (QED) is 0.851. The van der Waals surface area contributed by atoms with Crippen molar-refractivity contribution in [2.45, 2.75) is 19.4 Å². The molecule has 0 spiro atoms. The van der Waals surface area contributed by atoms with Gasteiger partial charge in [-0.2, -0.15) is 0 Å². The fraction of sp³-hybridized carbons (Fsp3) is 0.571. The molecule has 1 heterocycles. The van der Waals surface area contributed by atoms with E-state index in [1.807, 2.05) is 19.1 Å². The molecule has 0 radical (unpaired) electrons. The van der Waals surface area contributed by atoms with Gasteiger partial charge in [0.2, 0.25) is 0 Å². The van der Waals surface area contributed by atoms with Gasteiger partial charge in [-0.25, -0.2) is 4.39 Å². The molecule has 0 aromatic heterocycles. The van der Waals surface area contributed by atoms with E-state index in [2.05, 4.69) is 10.2 Å². The zero-order valence-corrected chi connectivity index (χ0v) is 10.8. The summed E-state index contributed by atoms with van der Waals surface area (Å²) in [6.45, 7) is 5.63. The third kappa shape index (κ3) is 3.07. The van der Waals surface area contributed by atoms with Gasteiger partial charge in [-0.05, 0) is 25.0 Å². The van der Waals surface area contributed by atoms with E-state index in [-0.39, 0.29) is 18.5 Å². The lowest BCUT2D eigenvalue weighted by atomic mass is 9.99. The van der Waals surface area contributed by atoms with Crippen LogP contribution in [0.25, 0.3) is 0 Å². The third-order valence-corrected chi connectivity index (χ3v) is 3.51. The lowest BCUT2D eigenvalue weighted by Crippen LogP contribution is -2.45. The second-order valence-electron chi connectivity index (χ2n) is 4.84. The fourth-order valence-electron chi connectivity index (χ4n) is 2.55. The average molecular weight is 252 g/mol. The minimum absolute atomic E-state index is 0.0160. The summed E-state index contributed by atoms with van der Waals surface area (Å²) >= 11 is 0. The van der Waals surface area contributed by atoms with E-state index in [1.54, 1.807) is 6.07 Å². The summed E-state index contributed by atoms with van der Waals surface area (Å²) in [5.74, 6) is -0.160. The minimum Gasteiger partial charge on any atom is -0.396 e. The number of hydrogen-bond acceptors (Lipinski definition) is 3. The average Bonchev–Trinajstić information content (AvgIpc) is 2.38. The molecule has 2 N–H and O–H groups in total. The van der Waals surface area contributed by atoms with Crippen molar-refractivity contribution in [3.8, 4) is 0 Å². The highest BCUT2D eigenvalue weighted by Gasteiger charge is 2.23.